The van der Waals surface area contributed by atoms with Gasteiger partial charge in [0.25, 0.3) is 5.88 Å². The predicted octanol–water partition coefficient (Wildman–Crippen LogP) is 1.97. The molecule has 0 aliphatic rings. The third kappa shape index (κ3) is 4.29. The van der Waals surface area contributed by atoms with Gasteiger partial charge in [0, 0.05) is 12.8 Å². The van der Waals surface area contributed by atoms with Gasteiger partial charge in [-0.2, -0.15) is 0 Å². The van der Waals surface area contributed by atoms with Crippen LogP contribution >= 0.6 is 0 Å². The summed E-state index contributed by atoms with van der Waals surface area (Å²) in [4.78, 5) is 14.3. The summed E-state index contributed by atoms with van der Waals surface area (Å²) in [6.07, 6.45) is 1.19. The van der Waals surface area contributed by atoms with Gasteiger partial charge in [0.15, 0.2) is 5.82 Å². The Morgan fingerprint density at radius 2 is 2.22 bits per heavy atom. The molecule has 0 fully saturated rings. The van der Waals surface area contributed by atoms with Gasteiger partial charge < -0.3 is 14.6 Å². The Kier molecular flexibility index (Phi) is 5.51. The molecular formula is C12H16FNO4. The van der Waals surface area contributed by atoms with Crippen LogP contribution in [0.5, 0.6) is 5.88 Å². The van der Waals surface area contributed by atoms with Gasteiger partial charge in [-0.15, -0.1) is 0 Å². The van der Waals surface area contributed by atoms with Crippen molar-refractivity contribution in [2.45, 2.75) is 13.8 Å². The van der Waals surface area contributed by atoms with Crippen LogP contribution in [-0.4, -0.2) is 35.9 Å². The van der Waals surface area contributed by atoms with Gasteiger partial charge in [0.05, 0.1) is 6.61 Å². The molecule has 0 aromatic carbocycles. The molecule has 0 amide bonds. The molecule has 6 heteroatoms. The van der Waals surface area contributed by atoms with Gasteiger partial charge >= 0.3 is 5.97 Å². The lowest BCUT2D eigenvalue weighted by atomic mass is 10.2. The van der Waals surface area contributed by atoms with Crippen molar-refractivity contribution in [2.24, 2.45) is 5.92 Å². The molecule has 0 spiro atoms. The SMILES string of the molecule is CC(C)COCCOc1nccc(C(=O)O)c1F. The summed E-state index contributed by atoms with van der Waals surface area (Å²) in [6, 6.07) is 1.08. The number of carbonyl (C=O) groups is 1. The van der Waals surface area contributed by atoms with Crippen molar-refractivity contribution in [1.82, 2.24) is 4.98 Å². The number of halogens is 1. The molecule has 0 unspecified atom stereocenters. The van der Waals surface area contributed by atoms with E-state index in [0.29, 0.717) is 19.1 Å². The van der Waals surface area contributed by atoms with Crippen LogP contribution in [0.25, 0.3) is 0 Å². The number of hydrogen-bond acceptors (Lipinski definition) is 4. The van der Waals surface area contributed by atoms with Crippen molar-refractivity contribution in [3.05, 3.63) is 23.6 Å². The maximum Gasteiger partial charge on any atom is 0.338 e. The van der Waals surface area contributed by atoms with Crippen LogP contribution < -0.4 is 4.74 Å². The van der Waals surface area contributed by atoms with Gasteiger partial charge in [-0.3, -0.25) is 0 Å². The standard InChI is InChI=1S/C12H16FNO4/c1-8(2)7-17-5-6-18-11-10(13)9(12(15)16)3-4-14-11/h3-4,8H,5-7H2,1-2H3,(H,15,16). The first-order chi connectivity index (χ1) is 8.52. The summed E-state index contributed by atoms with van der Waals surface area (Å²) in [5.74, 6) is -2.22. The van der Waals surface area contributed by atoms with Gasteiger partial charge in [-0.25, -0.2) is 14.2 Å². The van der Waals surface area contributed by atoms with Crippen LogP contribution in [0.2, 0.25) is 0 Å². The molecule has 1 rings (SSSR count). The van der Waals surface area contributed by atoms with Crippen LogP contribution in [0, 0.1) is 11.7 Å². The predicted molar refractivity (Wildman–Crippen MR) is 62.3 cm³/mol. The van der Waals surface area contributed by atoms with E-state index in [9.17, 15) is 9.18 Å². The number of pyridine rings is 1. The van der Waals surface area contributed by atoms with Gasteiger partial charge in [0.2, 0.25) is 0 Å². The monoisotopic (exact) mass is 257 g/mol. The van der Waals surface area contributed by atoms with Crippen molar-refractivity contribution in [2.75, 3.05) is 19.8 Å². The van der Waals surface area contributed by atoms with Crippen LogP contribution in [0.4, 0.5) is 4.39 Å². The van der Waals surface area contributed by atoms with E-state index in [0.717, 1.165) is 6.07 Å². The quantitative estimate of drug-likeness (QED) is 0.756. The Bertz CT molecular complexity index is 409. The van der Waals surface area contributed by atoms with Crippen LogP contribution in [-0.2, 0) is 4.74 Å². The van der Waals surface area contributed by atoms with Crippen LogP contribution in [0.15, 0.2) is 12.3 Å². The molecule has 0 aliphatic carbocycles. The lowest BCUT2D eigenvalue weighted by Crippen LogP contribution is -2.12. The fourth-order valence-electron chi connectivity index (χ4n) is 1.21. The zero-order chi connectivity index (χ0) is 13.5. The van der Waals surface area contributed by atoms with E-state index >= 15 is 0 Å². The molecule has 0 radical (unpaired) electrons. The first-order valence-electron chi connectivity index (χ1n) is 5.60. The molecule has 0 aliphatic heterocycles. The maximum absolute atomic E-state index is 13.6. The minimum absolute atomic E-state index is 0.125. The van der Waals surface area contributed by atoms with E-state index in [-0.39, 0.29) is 12.5 Å². The molecule has 100 valence electrons. The zero-order valence-corrected chi connectivity index (χ0v) is 10.4. The molecule has 1 aromatic rings. The zero-order valence-electron chi connectivity index (χ0n) is 10.4. The first kappa shape index (κ1) is 14.4. The fourth-order valence-corrected chi connectivity index (χ4v) is 1.21. The highest BCUT2D eigenvalue weighted by molar-refractivity contribution is 5.88. The Balaban J connectivity index is 2.48. The second kappa shape index (κ2) is 6.90. The second-order valence-corrected chi connectivity index (χ2v) is 4.10. The summed E-state index contributed by atoms with van der Waals surface area (Å²) in [6.45, 7) is 5.04. The number of hydrogen-bond donors (Lipinski definition) is 1. The largest absolute Gasteiger partial charge is 0.478 e. The highest BCUT2D eigenvalue weighted by atomic mass is 19.1. The van der Waals surface area contributed by atoms with E-state index in [2.05, 4.69) is 4.98 Å². The number of aromatic carboxylic acids is 1. The lowest BCUT2D eigenvalue weighted by molar-refractivity contribution is 0.0686. The van der Waals surface area contributed by atoms with E-state index in [4.69, 9.17) is 14.6 Å². The van der Waals surface area contributed by atoms with Crippen LogP contribution in [0.3, 0.4) is 0 Å². The molecule has 1 N–H and O–H groups in total. The van der Waals surface area contributed by atoms with Gasteiger partial charge in [-0.1, -0.05) is 13.8 Å². The summed E-state index contributed by atoms with van der Waals surface area (Å²) < 4.78 is 23.8. The molecule has 0 atom stereocenters. The summed E-state index contributed by atoms with van der Waals surface area (Å²) in [7, 11) is 0. The third-order valence-electron chi connectivity index (χ3n) is 2.01. The summed E-state index contributed by atoms with van der Waals surface area (Å²) in [5, 5.41) is 8.71. The van der Waals surface area contributed by atoms with Gasteiger partial charge in [-0.05, 0) is 12.0 Å². The number of rotatable bonds is 7. The fraction of sp³-hybridized carbons (Fsp3) is 0.500. The van der Waals surface area contributed by atoms with Gasteiger partial charge in [0.1, 0.15) is 12.2 Å². The number of nitrogens with zero attached hydrogens (tertiary/aromatic N) is 1. The summed E-state index contributed by atoms with van der Waals surface area (Å²) in [5.41, 5.74) is -0.455. The van der Waals surface area contributed by atoms with Crippen molar-refractivity contribution >= 4 is 5.97 Å². The number of carboxylic acid groups (broad SMARTS) is 1. The van der Waals surface area contributed by atoms with Crippen LogP contribution in [0.1, 0.15) is 24.2 Å². The molecule has 0 saturated heterocycles. The minimum atomic E-state index is -1.35. The maximum atomic E-state index is 13.6. The smallest absolute Gasteiger partial charge is 0.338 e. The van der Waals surface area contributed by atoms with E-state index in [1.807, 2.05) is 13.8 Å². The van der Waals surface area contributed by atoms with E-state index in [1.54, 1.807) is 0 Å². The highest BCUT2D eigenvalue weighted by Gasteiger charge is 2.15. The van der Waals surface area contributed by atoms with Crippen molar-refractivity contribution in [3.63, 3.8) is 0 Å². The number of ether oxygens (including phenoxy) is 2. The topological polar surface area (TPSA) is 68.7 Å². The minimum Gasteiger partial charge on any atom is -0.478 e. The van der Waals surface area contributed by atoms with Crippen molar-refractivity contribution in [3.8, 4) is 5.88 Å². The molecule has 1 aromatic heterocycles. The lowest BCUT2D eigenvalue weighted by Gasteiger charge is -2.09. The summed E-state index contributed by atoms with van der Waals surface area (Å²) >= 11 is 0. The van der Waals surface area contributed by atoms with Crippen molar-refractivity contribution < 1.29 is 23.8 Å². The Morgan fingerprint density at radius 1 is 1.50 bits per heavy atom. The Morgan fingerprint density at radius 3 is 2.83 bits per heavy atom. The first-order valence-corrected chi connectivity index (χ1v) is 5.60. The molecule has 5 nitrogen and oxygen atoms in total. The number of aromatic nitrogens is 1. The number of carboxylic acids is 1. The molecule has 1 heterocycles. The van der Waals surface area contributed by atoms with E-state index in [1.165, 1.54) is 6.20 Å². The average Bonchev–Trinajstić information content (AvgIpc) is 2.30. The Hall–Kier alpha value is -1.69. The van der Waals surface area contributed by atoms with E-state index < -0.39 is 17.3 Å². The molecule has 0 bridgehead atoms. The third-order valence-corrected chi connectivity index (χ3v) is 2.01. The normalized spacial score (nSPS) is 10.7. The second-order valence-electron chi connectivity index (χ2n) is 4.10. The average molecular weight is 257 g/mol. The molecule has 18 heavy (non-hydrogen) atoms. The molecular weight excluding hydrogens is 241 g/mol. The molecule has 0 saturated carbocycles. The Labute approximate surface area is 105 Å². The highest BCUT2D eigenvalue weighted by Crippen LogP contribution is 2.17. The van der Waals surface area contributed by atoms with Crippen molar-refractivity contribution in [1.29, 1.82) is 0 Å².